The molecule has 0 saturated carbocycles. The summed E-state index contributed by atoms with van der Waals surface area (Å²) in [5.41, 5.74) is 1.88. The molecule has 0 aromatic heterocycles. The van der Waals surface area contributed by atoms with Gasteiger partial charge >= 0.3 is 0 Å². The Morgan fingerprint density at radius 3 is 2.36 bits per heavy atom. The fourth-order valence-electron chi connectivity index (χ4n) is 2.47. The number of benzene rings is 2. The number of rotatable bonds is 7. The van der Waals surface area contributed by atoms with Gasteiger partial charge in [-0.1, -0.05) is 42.5 Å². The minimum atomic E-state index is -1.13. The van der Waals surface area contributed by atoms with Crippen molar-refractivity contribution >= 4 is 17.5 Å². The lowest BCUT2D eigenvalue weighted by atomic mass is 9.90. The van der Waals surface area contributed by atoms with Gasteiger partial charge < -0.3 is 10.6 Å². The van der Waals surface area contributed by atoms with E-state index in [2.05, 4.69) is 22.8 Å². The smallest absolute Gasteiger partial charge is 0.239 e. The molecule has 2 amide bonds. The summed E-state index contributed by atoms with van der Waals surface area (Å²) < 4.78 is 0. The standard InChI is InChI=1S/C21H26N2O2/c1-16-9-7-13-18(15-16)23-20(25)21(2,3)19(24)22-14-8-12-17-10-5-4-6-11-17/h4-7,9-11,13,15H,8,12,14H2,1-3H3,(H,22,24)(H,23,25). The van der Waals surface area contributed by atoms with Crippen molar-refractivity contribution in [3.63, 3.8) is 0 Å². The average Bonchev–Trinajstić information content (AvgIpc) is 2.59. The second-order valence-electron chi connectivity index (χ2n) is 6.79. The molecular weight excluding hydrogens is 312 g/mol. The molecular formula is C21H26N2O2. The first-order valence-corrected chi connectivity index (χ1v) is 8.60. The molecule has 2 N–H and O–H groups in total. The van der Waals surface area contributed by atoms with Gasteiger partial charge in [-0.05, 0) is 56.9 Å². The molecule has 0 saturated heterocycles. The Morgan fingerprint density at radius 2 is 1.68 bits per heavy atom. The third-order valence-corrected chi connectivity index (χ3v) is 4.18. The van der Waals surface area contributed by atoms with Gasteiger partial charge in [0, 0.05) is 12.2 Å². The number of aryl methyl sites for hydroxylation is 2. The highest BCUT2D eigenvalue weighted by molar-refractivity contribution is 6.09. The summed E-state index contributed by atoms with van der Waals surface area (Å²) in [5, 5.41) is 5.69. The summed E-state index contributed by atoms with van der Waals surface area (Å²) in [5.74, 6) is -0.565. The molecule has 25 heavy (non-hydrogen) atoms. The molecule has 0 fully saturated rings. The van der Waals surface area contributed by atoms with E-state index in [1.807, 2.05) is 49.4 Å². The van der Waals surface area contributed by atoms with Crippen molar-refractivity contribution in [3.05, 3.63) is 65.7 Å². The van der Waals surface area contributed by atoms with E-state index in [9.17, 15) is 9.59 Å². The summed E-state index contributed by atoms with van der Waals surface area (Å²) >= 11 is 0. The monoisotopic (exact) mass is 338 g/mol. The molecule has 0 bridgehead atoms. The Hall–Kier alpha value is -2.62. The van der Waals surface area contributed by atoms with Crippen LogP contribution in [0.5, 0.6) is 0 Å². The largest absolute Gasteiger partial charge is 0.355 e. The van der Waals surface area contributed by atoms with Crippen molar-refractivity contribution in [2.75, 3.05) is 11.9 Å². The molecule has 0 heterocycles. The Labute approximate surface area is 149 Å². The zero-order valence-corrected chi connectivity index (χ0v) is 15.1. The van der Waals surface area contributed by atoms with Crippen LogP contribution in [0.4, 0.5) is 5.69 Å². The normalized spacial score (nSPS) is 11.0. The van der Waals surface area contributed by atoms with E-state index < -0.39 is 5.41 Å². The molecule has 2 aromatic rings. The molecule has 0 atom stereocenters. The van der Waals surface area contributed by atoms with E-state index in [-0.39, 0.29) is 11.8 Å². The van der Waals surface area contributed by atoms with Crippen LogP contribution in [-0.2, 0) is 16.0 Å². The summed E-state index contributed by atoms with van der Waals surface area (Å²) in [7, 11) is 0. The molecule has 4 heteroatoms. The Bertz CT molecular complexity index is 724. The third kappa shape index (κ3) is 5.45. The fraction of sp³-hybridized carbons (Fsp3) is 0.333. The van der Waals surface area contributed by atoms with Gasteiger partial charge in [0.05, 0.1) is 0 Å². The van der Waals surface area contributed by atoms with Crippen molar-refractivity contribution in [2.45, 2.75) is 33.6 Å². The van der Waals surface area contributed by atoms with Gasteiger partial charge in [0.15, 0.2) is 0 Å². The zero-order valence-electron chi connectivity index (χ0n) is 15.1. The quantitative estimate of drug-likeness (QED) is 0.597. The van der Waals surface area contributed by atoms with Gasteiger partial charge in [-0.15, -0.1) is 0 Å². The second-order valence-corrected chi connectivity index (χ2v) is 6.79. The Morgan fingerprint density at radius 1 is 0.960 bits per heavy atom. The number of anilines is 1. The maximum Gasteiger partial charge on any atom is 0.239 e. The minimum Gasteiger partial charge on any atom is -0.355 e. The first-order chi connectivity index (χ1) is 11.9. The first-order valence-electron chi connectivity index (χ1n) is 8.60. The number of amides is 2. The van der Waals surface area contributed by atoms with Crippen molar-refractivity contribution in [2.24, 2.45) is 5.41 Å². The fourth-order valence-corrected chi connectivity index (χ4v) is 2.47. The summed E-state index contributed by atoms with van der Waals surface area (Å²) in [6, 6.07) is 17.7. The van der Waals surface area contributed by atoms with Gasteiger partial charge in [0.1, 0.15) is 5.41 Å². The molecule has 0 radical (unpaired) electrons. The highest BCUT2D eigenvalue weighted by Gasteiger charge is 2.35. The van der Waals surface area contributed by atoms with E-state index >= 15 is 0 Å². The molecule has 0 aliphatic heterocycles. The SMILES string of the molecule is Cc1cccc(NC(=O)C(C)(C)C(=O)NCCCc2ccccc2)c1. The zero-order chi connectivity index (χ0) is 18.3. The topological polar surface area (TPSA) is 58.2 Å². The van der Waals surface area contributed by atoms with Gasteiger partial charge in [-0.25, -0.2) is 0 Å². The van der Waals surface area contributed by atoms with Crippen LogP contribution in [0, 0.1) is 12.3 Å². The highest BCUT2D eigenvalue weighted by Crippen LogP contribution is 2.19. The summed E-state index contributed by atoms with van der Waals surface area (Å²) in [4.78, 5) is 24.9. The highest BCUT2D eigenvalue weighted by atomic mass is 16.2. The number of carbonyl (C=O) groups is 2. The van der Waals surface area contributed by atoms with Crippen LogP contribution in [0.1, 0.15) is 31.4 Å². The van der Waals surface area contributed by atoms with E-state index in [1.54, 1.807) is 13.8 Å². The molecule has 132 valence electrons. The predicted octanol–water partition coefficient (Wildman–Crippen LogP) is 3.71. The van der Waals surface area contributed by atoms with Crippen LogP contribution in [0.25, 0.3) is 0 Å². The first kappa shape index (κ1) is 18.7. The lowest BCUT2D eigenvalue weighted by Crippen LogP contribution is -2.45. The molecule has 0 unspecified atom stereocenters. The number of hydrogen-bond acceptors (Lipinski definition) is 2. The van der Waals surface area contributed by atoms with Crippen molar-refractivity contribution in [3.8, 4) is 0 Å². The Kier molecular flexibility index (Phi) is 6.34. The van der Waals surface area contributed by atoms with Crippen LogP contribution in [-0.4, -0.2) is 18.4 Å². The minimum absolute atomic E-state index is 0.259. The molecule has 4 nitrogen and oxygen atoms in total. The van der Waals surface area contributed by atoms with Gasteiger partial charge in [-0.3, -0.25) is 9.59 Å². The van der Waals surface area contributed by atoms with Crippen molar-refractivity contribution in [1.29, 1.82) is 0 Å². The Balaban J connectivity index is 1.83. The molecule has 0 spiro atoms. The maximum absolute atomic E-state index is 12.5. The molecule has 2 rings (SSSR count). The summed E-state index contributed by atoms with van der Waals surface area (Å²) in [6.07, 6.45) is 1.74. The van der Waals surface area contributed by atoms with E-state index in [1.165, 1.54) is 5.56 Å². The van der Waals surface area contributed by atoms with E-state index in [0.29, 0.717) is 12.2 Å². The lowest BCUT2D eigenvalue weighted by molar-refractivity contribution is -0.138. The van der Waals surface area contributed by atoms with Crippen molar-refractivity contribution < 1.29 is 9.59 Å². The maximum atomic E-state index is 12.5. The van der Waals surface area contributed by atoms with E-state index in [4.69, 9.17) is 0 Å². The van der Waals surface area contributed by atoms with Crippen LogP contribution in [0.3, 0.4) is 0 Å². The van der Waals surface area contributed by atoms with Gasteiger partial charge in [0.25, 0.3) is 0 Å². The van der Waals surface area contributed by atoms with Crippen LogP contribution in [0.15, 0.2) is 54.6 Å². The van der Waals surface area contributed by atoms with Gasteiger partial charge in [0.2, 0.25) is 11.8 Å². The number of carbonyl (C=O) groups excluding carboxylic acids is 2. The average molecular weight is 338 g/mol. The van der Waals surface area contributed by atoms with Crippen LogP contribution >= 0.6 is 0 Å². The predicted molar refractivity (Wildman–Crippen MR) is 101 cm³/mol. The second kappa shape index (κ2) is 8.47. The molecule has 0 aliphatic rings. The van der Waals surface area contributed by atoms with Crippen molar-refractivity contribution in [1.82, 2.24) is 5.32 Å². The summed E-state index contributed by atoms with van der Waals surface area (Å²) in [6.45, 7) is 5.80. The van der Waals surface area contributed by atoms with Crippen LogP contribution < -0.4 is 10.6 Å². The van der Waals surface area contributed by atoms with Gasteiger partial charge in [-0.2, -0.15) is 0 Å². The molecule has 2 aromatic carbocycles. The lowest BCUT2D eigenvalue weighted by Gasteiger charge is -2.23. The third-order valence-electron chi connectivity index (χ3n) is 4.18. The van der Waals surface area contributed by atoms with E-state index in [0.717, 1.165) is 18.4 Å². The van der Waals surface area contributed by atoms with Crippen LogP contribution in [0.2, 0.25) is 0 Å². The molecule has 0 aliphatic carbocycles. The number of hydrogen-bond donors (Lipinski definition) is 2. The number of nitrogens with one attached hydrogen (secondary N) is 2.